The summed E-state index contributed by atoms with van der Waals surface area (Å²) in [5, 5.41) is 19.8. The molecule has 0 spiro atoms. The van der Waals surface area contributed by atoms with E-state index in [1.54, 1.807) is 12.1 Å². The van der Waals surface area contributed by atoms with Crippen LogP contribution in [0.5, 0.6) is 0 Å². The molecule has 13 heavy (non-hydrogen) atoms. The molecule has 1 aliphatic carbocycles. The van der Waals surface area contributed by atoms with Gasteiger partial charge in [0.2, 0.25) is 0 Å². The summed E-state index contributed by atoms with van der Waals surface area (Å²) in [4.78, 5) is 0. The van der Waals surface area contributed by atoms with Crippen LogP contribution in [-0.4, -0.2) is 15.8 Å². The molecule has 0 aliphatic heterocycles. The molecule has 0 aromatic carbocycles. The van der Waals surface area contributed by atoms with Gasteiger partial charge in [0.1, 0.15) is 11.9 Å². The van der Waals surface area contributed by atoms with Crippen LogP contribution in [0.2, 0.25) is 0 Å². The van der Waals surface area contributed by atoms with Gasteiger partial charge in [-0.05, 0) is 25.0 Å². The zero-order chi connectivity index (χ0) is 9.31. The standard InChI is InChI=1S/C10H14O3/c11-9(8-4-3-7-13-8)10(12)5-1-2-6-10/h3-4,7,9,11-12H,1-2,5-6H2. The van der Waals surface area contributed by atoms with Crippen LogP contribution in [0, 0.1) is 0 Å². The van der Waals surface area contributed by atoms with Gasteiger partial charge in [0.25, 0.3) is 0 Å². The van der Waals surface area contributed by atoms with E-state index in [0.717, 1.165) is 12.8 Å². The summed E-state index contributed by atoms with van der Waals surface area (Å²) in [7, 11) is 0. The van der Waals surface area contributed by atoms with E-state index in [4.69, 9.17) is 4.42 Å². The molecule has 0 amide bonds. The normalized spacial score (nSPS) is 23.2. The second-order valence-corrected chi connectivity index (χ2v) is 3.73. The van der Waals surface area contributed by atoms with Gasteiger partial charge in [-0.15, -0.1) is 0 Å². The molecule has 0 radical (unpaired) electrons. The molecule has 2 rings (SSSR count). The molecular weight excluding hydrogens is 168 g/mol. The van der Waals surface area contributed by atoms with Crippen LogP contribution in [0.15, 0.2) is 22.8 Å². The van der Waals surface area contributed by atoms with Crippen LogP contribution in [0.3, 0.4) is 0 Å². The third-order valence-electron chi connectivity index (χ3n) is 2.79. The van der Waals surface area contributed by atoms with E-state index in [1.807, 2.05) is 0 Å². The summed E-state index contributed by atoms with van der Waals surface area (Å²) in [5.74, 6) is 0.462. The van der Waals surface area contributed by atoms with Crippen molar-refractivity contribution in [2.24, 2.45) is 0 Å². The van der Waals surface area contributed by atoms with Crippen LogP contribution >= 0.6 is 0 Å². The SMILES string of the molecule is OC(c1ccco1)C1(O)CCCC1. The van der Waals surface area contributed by atoms with Gasteiger partial charge in [-0.3, -0.25) is 0 Å². The Morgan fingerprint density at radius 3 is 2.62 bits per heavy atom. The van der Waals surface area contributed by atoms with Crippen LogP contribution in [-0.2, 0) is 0 Å². The van der Waals surface area contributed by atoms with E-state index in [-0.39, 0.29) is 0 Å². The molecule has 1 aromatic heterocycles. The minimum Gasteiger partial charge on any atom is -0.466 e. The third kappa shape index (κ3) is 1.49. The molecule has 0 bridgehead atoms. The van der Waals surface area contributed by atoms with Gasteiger partial charge >= 0.3 is 0 Å². The zero-order valence-electron chi connectivity index (χ0n) is 7.44. The van der Waals surface area contributed by atoms with E-state index < -0.39 is 11.7 Å². The number of hydrogen-bond acceptors (Lipinski definition) is 3. The maximum atomic E-state index is 10.0. The molecule has 0 saturated heterocycles. The topological polar surface area (TPSA) is 53.6 Å². The van der Waals surface area contributed by atoms with Gasteiger partial charge in [-0.1, -0.05) is 12.8 Å². The lowest BCUT2D eigenvalue weighted by Crippen LogP contribution is -2.32. The highest BCUT2D eigenvalue weighted by atomic mass is 16.4. The Kier molecular flexibility index (Phi) is 2.14. The first kappa shape index (κ1) is 8.78. The van der Waals surface area contributed by atoms with E-state index in [0.29, 0.717) is 18.6 Å². The molecule has 1 fully saturated rings. The quantitative estimate of drug-likeness (QED) is 0.730. The van der Waals surface area contributed by atoms with E-state index in [2.05, 4.69) is 0 Å². The van der Waals surface area contributed by atoms with Gasteiger partial charge < -0.3 is 14.6 Å². The van der Waals surface area contributed by atoms with Gasteiger partial charge in [-0.25, -0.2) is 0 Å². The van der Waals surface area contributed by atoms with Gasteiger partial charge in [-0.2, -0.15) is 0 Å². The summed E-state index contributed by atoms with van der Waals surface area (Å²) in [6.45, 7) is 0. The van der Waals surface area contributed by atoms with Crippen molar-refractivity contribution in [3.05, 3.63) is 24.2 Å². The minimum absolute atomic E-state index is 0.462. The average Bonchev–Trinajstić information content (AvgIpc) is 2.73. The van der Waals surface area contributed by atoms with Crippen molar-refractivity contribution in [3.8, 4) is 0 Å². The van der Waals surface area contributed by atoms with Crippen molar-refractivity contribution in [1.82, 2.24) is 0 Å². The van der Waals surface area contributed by atoms with Crippen molar-refractivity contribution < 1.29 is 14.6 Å². The lowest BCUT2D eigenvalue weighted by atomic mass is 9.93. The van der Waals surface area contributed by atoms with Crippen molar-refractivity contribution in [2.45, 2.75) is 37.4 Å². The minimum atomic E-state index is -0.960. The first-order valence-corrected chi connectivity index (χ1v) is 4.66. The molecule has 1 aromatic rings. The maximum absolute atomic E-state index is 10.0. The molecule has 1 heterocycles. The van der Waals surface area contributed by atoms with E-state index in [1.165, 1.54) is 6.26 Å². The molecule has 3 nitrogen and oxygen atoms in total. The third-order valence-corrected chi connectivity index (χ3v) is 2.79. The van der Waals surface area contributed by atoms with Crippen molar-refractivity contribution >= 4 is 0 Å². The Bertz CT molecular complexity index is 260. The van der Waals surface area contributed by atoms with Crippen LogP contribution in [0.25, 0.3) is 0 Å². The van der Waals surface area contributed by atoms with E-state index >= 15 is 0 Å². The Balaban J connectivity index is 2.16. The zero-order valence-corrected chi connectivity index (χ0v) is 7.44. The highest BCUT2D eigenvalue weighted by molar-refractivity contribution is 5.08. The Hall–Kier alpha value is -0.800. The number of furan rings is 1. The average molecular weight is 182 g/mol. The first-order chi connectivity index (χ1) is 6.22. The fourth-order valence-corrected chi connectivity index (χ4v) is 1.97. The summed E-state index contributed by atoms with van der Waals surface area (Å²) < 4.78 is 5.06. The van der Waals surface area contributed by atoms with Crippen LogP contribution < -0.4 is 0 Å². The van der Waals surface area contributed by atoms with Crippen LogP contribution in [0.1, 0.15) is 37.5 Å². The number of hydrogen-bond donors (Lipinski definition) is 2. The lowest BCUT2D eigenvalue weighted by Gasteiger charge is -2.26. The summed E-state index contributed by atoms with van der Waals surface area (Å²) in [6.07, 6.45) is 3.92. The molecule has 1 atom stereocenters. The highest BCUT2D eigenvalue weighted by Crippen LogP contribution is 2.39. The smallest absolute Gasteiger partial charge is 0.140 e. The fraction of sp³-hybridized carbons (Fsp3) is 0.600. The van der Waals surface area contributed by atoms with E-state index in [9.17, 15) is 10.2 Å². The summed E-state index contributed by atoms with van der Waals surface area (Å²) in [5.41, 5.74) is -0.960. The van der Waals surface area contributed by atoms with Gasteiger partial charge in [0.05, 0.1) is 11.9 Å². The summed E-state index contributed by atoms with van der Waals surface area (Å²) >= 11 is 0. The van der Waals surface area contributed by atoms with Crippen molar-refractivity contribution in [2.75, 3.05) is 0 Å². The molecule has 1 aliphatic rings. The summed E-state index contributed by atoms with van der Waals surface area (Å²) in [6, 6.07) is 3.41. The molecule has 72 valence electrons. The highest BCUT2D eigenvalue weighted by Gasteiger charge is 2.40. The Labute approximate surface area is 77.0 Å². The maximum Gasteiger partial charge on any atom is 0.140 e. The second-order valence-electron chi connectivity index (χ2n) is 3.73. The van der Waals surface area contributed by atoms with Gasteiger partial charge in [0.15, 0.2) is 0 Å². The number of aliphatic hydroxyl groups is 2. The van der Waals surface area contributed by atoms with Crippen LogP contribution in [0.4, 0.5) is 0 Å². The lowest BCUT2D eigenvalue weighted by molar-refractivity contribution is -0.0806. The predicted octanol–water partition coefficient (Wildman–Crippen LogP) is 1.62. The largest absolute Gasteiger partial charge is 0.466 e. The number of rotatable bonds is 2. The Morgan fingerprint density at radius 1 is 1.38 bits per heavy atom. The predicted molar refractivity (Wildman–Crippen MR) is 47.1 cm³/mol. The number of aliphatic hydroxyl groups excluding tert-OH is 1. The van der Waals surface area contributed by atoms with Gasteiger partial charge in [0, 0.05) is 0 Å². The molecule has 3 heteroatoms. The van der Waals surface area contributed by atoms with Crippen molar-refractivity contribution in [1.29, 1.82) is 0 Å². The molecule has 1 saturated carbocycles. The second kappa shape index (κ2) is 3.16. The molecule has 1 unspecified atom stereocenters. The monoisotopic (exact) mass is 182 g/mol. The van der Waals surface area contributed by atoms with Crippen molar-refractivity contribution in [3.63, 3.8) is 0 Å². The Morgan fingerprint density at radius 2 is 2.08 bits per heavy atom. The first-order valence-electron chi connectivity index (χ1n) is 4.66. The molecule has 2 N–H and O–H groups in total. The molecular formula is C10H14O3. The fourth-order valence-electron chi connectivity index (χ4n) is 1.97.